The van der Waals surface area contributed by atoms with Crippen LogP contribution in [0, 0.1) is 0 Å². The number of nitrogens with zero attached hydrogens (tertiary/aromatic N) is 3. The minimum absolute atomic E-state index is 0.343. The van der Waals surface area contributed by atoms with Gasteiger partial charge in [0.1, 0.15) is 5.75 Å². The molecule has 3 aromatic carbocycles. The Bertz CT molecular complexity index is 1260. The van der Waals surface area contributed by atoms with Crippen LogP contribution in [0.3, 0.4) is 0 Å². The van der Waals surface area contributed by atoms with Gasteiger partial charge in [-0.25, -0.2) is 0 Å². The summed E-state index contributed by atoms with van der Waals surface area (Å²) in [5, 5.41) is 0. The van der Waals surface area contributed by atoms with Crippen LogP contribution in [-0.2, 0) is 6.54 Å². The molecule has 0 aliphatic carbocycles. The predicted octanol–water partition coefficient (Wildman–Crippen LogP) is 6.24. The van der Waals surface area contributed by atoms with Crippen LogP contribution >= 0.6 is 0 Å². The molecule has 4 nitrogen and oxygen atoms in total. The molecule has 6 rings (SSSR count). The van der Waals surface area contributed by atoms with Gasteiger partial charge in [0, 0.05) is 55.6 Å². The minimum Gasteiger partial charge on any atom is -0.496 e. The summed E-state index contributed by atoms with van der Waals surface area (Å²) >= 11 is 0. The summed E-state index contributed by atoms with van der Waals surface area (Å²) < 4.78 is 5.83. The molecule has 188 valence electrons. The van der Waals surface area contributed by atoms with Gasteiger partial charge in [-0.05, 0) is 65.9 Å². The van der Waals surface area contributed by atoms with Gasteiger partial charge in [-0.15, -0.1) is 0 Å². The summed E-state index contributed by atoms with van der Waals surface area (Å²) in [6.07, 6.45) is 6.27. The van der Waals surface area contributed by atoms with E-state index in [0.29, 0.717) is 18.0 Å². The number of aromatic nitrogens is 1. The number of ether oxygens (including phenoxy) is 1. The Morgan fingerprint density at radius 2 is 1.54 bits per heavy atom. The smallest absolute Gasteiger partial charge is 0.123 e. The van der Waals surface area contributed by atoms with Gasteiger partial charge < -0.3 is 4.74 Å². The van der Waals surface area contributed by atoms with Crippen LogP contribution in [-0.4, -0.2) is 53.6 Å². The lowest BCUT2D eigenvalue weighted by Gasteiger charge is -2.47. The Labute approximate surface area is 220 Å². The summed E-state index contributed by atoms with van der Waals surface area (Å²) in [4.78, 5) is 9.67. The lowest BCUT2D eigenvalue weighted by Crippen LogP contribution is -2.57. The molecule has 2 atom stereocenters. The molecule has 0 bridgehead atoms. The fourth-order valence-electron chi connectivity index (χ4n) is 6.48. The Hall–Kier alpha value is -3.47. The number of pyridine rings is 1. The summed E-state index contributed by atoms with van der Waals surface area (Å²) in [6, 6.07) is 34.0. The monoisotopic (exact) mass is 489 g/mol. The van der Waals surface area contributed by atoms with E-state index in [2.05, 4.69) is 106 Å². The van der Waals surface area contributed by atoms with Crippen molar-refractivity contribution >= 4 is 0 Å². The zero-order chi connectivity index (χ0) is 25.0. The van der Waals surface area contributed by atoms with Gasteiger partial charge in [0.2, 0.25) is 0 Å². The van der Waals surface area contributed by atoms with E-state index in [0.717, 1.165) is 25.4 Å². The van der Waals surface area contributed by atoms with E-state index in [1.807, 2.05) is 12.4 Å². The van der Waals surface area contributed by atoms with E-state index < -0.39 is 0 Å². The van der Waals surface area contributed by atoms with Crippen molar-refractivity contribution in [3.8, 4) is 16.9 Å². The summed E-state index contributed by atoms with van der Waals surface area (Å²) in [7, 11) is 1.78. The molecule has 4 heteroatoms. The van der Waals surface area contributed by atoms with Crippen LogP contribution < -0.4 is 4.74 Å². The predicted molar refractivity (Wildman–Crippen MR) is 150 cm³/mol. The van der Waals surface area contributed by atoms with Crippen molar-refractivity contribution < 1.29 is 4.74 Å². The SMILES string of the molecule is COc1ccc(-c2ccncc2)cc1CN1C[C@@H]2CCCN2[C@H](C(c2ccccc2)c2ccccc2)C1. The molecule has 4 aromatic rings. The van der Waals surface area contributed by atoms with Crippen LogP contribution in [0.15, 0.2) is 103 Å². The van der Waals surface area contributed by atoms with Crippen LogP contribution in [0.5, 0.6) is 5.75 Å². The van der Waals surface area contributed by atoms with Crippen molar-refractivity contribution in [1.29, 1.82) is 0 Å². The average Bonchev–Trinajstić information content (AvgIpc) is 3.44. The van der Waals surface area contributed by atoms with E-state index in [1.54, 1.807) is 7.11 Å². The van der Waals surface area contributed by atoms with E-state index in [9.17, 15) is 0 Å². The van der Waals surface area contributed by atoms with Crippen LogP contribution in [0.1, 0.15) is 35.4 Å². The molecule has 2 aliphatic rings. The first-order valence-electron chi connectivity index (χ1n) is 13.5. The van der Waals surface area contributed by atoms with Gasteiger partial charge in [0.15, 0.2) is 0 Å². The molecule has 0 saturated carbocycles. The molecule has 2 saturated heterocycles. The highest BCUT2D eigenvalue weighted by Gasteiger charge is 2.41. The van der Waals surface area contributed by atoms with Gasteiger partial charge in [-0.1, -0.05) is 66.7 Å². The molecule has 0 spiro atoms. The van der Waals surface area contributed by atoms with Gasteiger partial charge in [-0.2, -0.15) is 0 Å². The average molecular weight is 490 g/mol. The number of hydrogen-bond acceptors (Lipinski definition) is 4. The number of hydrogen-bond donors (Lipinski definition) is 0. The van der Waals surface area contributed by atoms with Gasteiger partial charge in [-0.3, -0.25) is 14.8 Å². The van der Waals surface area contributed by atoms with Gasteiger partial charge in [0.05, 0.1) is 7.11 Å². The molecule has 1 aromatic heterocycles. The number of benzene rings is 3. The van der Waals surface area contributed by atoms with Crippen LogP contribution in [0.2, 0.25) is 0 Å². The summed E-state index contributed by atoms with van der Waals surface area (Å²) in [5.41, 5.74) is 6.45. The largest absolute Gasteiger partial charge is 0.496 e. The standard InChI is InChI=1S/C33H35N3O/c1-37-32-15-14-28(25-16-18-34-19-17-25)21-29(32)22-35-23-30-13-8-20-36(30)31(24-35)33(26-9-4-2-5-10-26)27-11-6-3-7-12-27/h2-7,9-12,14-19,21,30-31,33H,8,13,20,22-24H2,1H3/t30-,31-/m0/s1. The van der Waals surface area contributed by atoms with Crippen molar-refractivity contribution in [3.63, 3.8) is 0 Å². The van der Waals surface area contributed by atoms with Gasteiger partial charge in [0.25, 0.3) is 0 Å². The molecule has 3 heterocycles. The maximum absolute atomic E-state index is 5.83. The minimum atomic E-state index is 0.343. The first kappa shape index (κ1) is 23.9. The summed E-state index contributed by atoms with van der Waals surface area (Å²) in [6.45, 7) is 4.22. The second-order valence-corrected chi connectivity index (χ2v) is 10.4. The highest BCUT2D eigenvalue weighted by Crippen LogP contribution is 2.38. The Balaban J connectivity index is 1.33. The van der Waals surface area contributed by atoms with Crippen molar-refractivity contribution in [2.75, 3.05) is 26.7 Å². The maximum atomic E-state index is 5.83. The van der Waals surface area contributed by atoms with E-state index in [4.69, 9.17) is 4.74 Å². The molecule has 2 fully saturated rings. The van der Waals surface area contributed by atoms with Crippen LogP contribution in [0.4, 0.5) is 0 Å². The van der Waals surface area contributed by atoms with E-state index in [1.165, 1.54) is 47.2 Å². The number of fused-ring (bicyclic) bond motifs is 1. The summed E-state index contributed by atoms with van der Waals surface area (Å²) in [5.74, 6) is 1.31. The van der Waals surface area contributed by atoms with E-state index in [-0.39, 0.29) is 0 Å². The highest BCUT2D eigenvalue weighted by atomic mass is 16.5. The zero-order valence-corrected chi connectivity index (χ0v) is 21.5. The third-order valence-corrected chi connectivity index (χ3v) is 8.15. The molecule has 2 aliphatic heterocycles. The Kier molecular flexibility index (Phi) is 7.03. The van der Waals surface area contributed by atoms with Crippen molar-refractivity contribution in [3.05, 3.63) is 120 Å². The zero-order valence-electron chi connectivity index (χ0n) is 21.5. The lowest BCUT2D eigenvalue weighted by atomic mass is 9.82. The molecule has 0 unspecified atom stereocenters. The van der Waals surface area contributed by atoms with E-state index >= 15 is 0 Å². The lowest BCUT2D eigenvalue weighted by molar-refractivity contribution is 0.0380. The third kappa shape index (κ3) is 5.04. The highest BCUT2D eigenvalue weighted by molar-refractivity contribution is 5.65. The normalized spacial score (nSPS) is 20.2. The first-order chi connectivity index (χ1) is 18.3. The van der Waals surface area contributed by atoms with Crippen molar-refractivity contribution in [2.45, 2.75) is 37.4 Å². The maximum Gasteiger partial charge on any atom is 0.123 e. The number of methoxy groups -OCH3 is 1. The molecular formula is C33H35N3O. The van der Waals surface area contributed by atoms with Crippen molar-refractivity contribution in [1.82, 2.24) is 14.8 Å². The first-order valence-corrected chi connectivity index (χ1v) is 13.5. The number of piperazine rings is 1. The Morgan fingerprint density at radius 1 is 0.838 bits per heavy atom. The topological polar surface area (TPSA) is 28.6 Å². The van der Waals surface area contributed by atoms with Crippen molar-refractivity contribution in [2.24, 2.45) is 0 Å². The molecule has 37 heavy (non-hydrogen) atoms. The molecule has 0 amide bonds. The molecule has 0 radical (unpaired) electrons. The Morgan fingerprint density at radius 3 is 2.22 bits per heavy atom. The fourth-order valence-corrected chi connectivity index (χ4v) is 6.48. The second kappa shape index (κ2) is 10.9. The second-order valence-electron chi connectivity index (χ2n) is 10.4. The quantitative estimate of drug-likeness (QED) is 0.307. The third-order valence-electron chi connectivity index (χ3n) is 8.15. The van der Waals surface area contributed by atoms with Gasteiger partial charge >= 0.3 is 0 Å². The fraction of sp³-hybridized carbons (Fsp3) is 0.303. The molecular weight excluding hydrogens is 454 g/mol. The molecule has 0 N–H and O–H groups in total. The van der Waals surface area contributed by atoms with Crippen LogP contribution in [0.25, 0.3) is 11.1 Å². The number of rotatable bonds is 7.